The molecule has 0 aromatic heterocycles. The first-order valence-corrected chi connectivity index (χ1v) is 9.20. The van der Waals surface area contributed by atoms with Crippen LogP contribution >= 0.6 is 0 Å². The average Bonchev–Trinajstić information content (AvgIpc) is 2.71. The van der Waals surface area contributed by atoms with Crippen LogP contribution in [-0.4, -0.2) is 39.2 Å². The molecule has 0 saturated heterocycles. The van der Waals surface area contributed by atoms with Crippen molar-refractivity contribution >= 4 is 11.9 Å². The number of methoxy groups -OCH3 is 2. The second kappa shape index (κ2) is 11.0. The van der Waals surface area contributed by atoms with Crippen LogP contribution in [0.1, 0.15) is 23.1 Å². The highest BCUT2D eigenvalue weighted by atomic mass is 16.5. The third kappa shape index (κ3) is 6.95. The SMILES string of the molecule is COc1cc(CCC(=O)OCC(=O)NCCc2ccccc2C)cc(OC)c1. The van der Waals surface area contributed by atoms with Crippen LogP contribution in [0.5, 0.6) is 11.5 Å². The Balaban J connectivity index is 1.69. The van der Waals surface area contributed by atoms with Gasteiger partial charge in [-0.15, -0.1) is 0 Å². The number of carbonyl (C=O) groups excluding carboxylic acids is 2. The Morgan fingerprint density at radius 1 is 0.964 bits per heavy atom. The van der Waals surface area contributed by atoms with Crippen molar-refractivity contribution in [3.05, 3.63) is 59.2 Å². The van der Waals surface area contributed by atoms with E-state index in [2.05, 4.69) is 5.32 Å². The van der Waals surface area contributed by atoms with Gasteiger partial charge in [-0.2, -0.15) is 0 Å². The van der Waals surface area contributed by atoms with E-state index in [0.717, 1.165) is 12.0 Å². The first-order chi connectivity index (χ1) is 13.5. The second-order valence-corrected chi connectivity index (χ2v) is 6.41. The van der Waals surface area contributed by atoms with E-state index in [1.807, 2.05) is 43.3 Å². The van der Waals surface area contributed by atoms with Gasteiger partial charge in [0.25, 0.3) is 5.91 Å². The molecule has 28 heavy (non-hydrogen) atoms. The number of aryl methyl sites for hydroxylation is 2. The van der Waals surface area contributed by atoms with Gasteiger partial charge in [-0.25, -0.2) is 0 Å². The Hall–Kier alpha value is -3.02. The minimum absolute atomic E-state index is 0.173. The van der Waals surface area contributed by atoms with Crippen LogP contribution in [-0.2, 0) is 27.2 Å². The molecule has 0 aliphatic carbocycles. The smallest absolute Gasteiger partial charge is 0.306 e. The minimum Gasteiger partial charge on any atom is -0.497 e. The van der Waals surface area contributed by atoms with E-state index in [1.54, 1.807) is 20.3 Å². The Labute approximate surface area is 165 Å². The summed E-state index contributed by atoms with van der Waals surface area (Å²) in [7, 11) is 3.15. The number of rotatable bonds is 10. The van der Waals surface area contributed by atoms with Gasteiger partial charge in [-0.1, -0.05) is 24.3 Å². The summed E-state index contributed by atoms with van der Waals surface area (Å²) in [6.45, 7) is 2.27. The normalized spacial score (nSPS) is 10.2. The molecular formula is C22H27NO5. The van der Waals surface area contributed by atoms with Crippen LogP contribution in [0.2, 0.25) is 0 Å². The predicted octanol–water partition coefficient (Wildman–Crippen LogP) is 2.85. The summed E-state index contributed by atoms with van der Waals surface area (Å²) >= 11 is 0. The molecule has 0 atom stereocenters. The van der Waals surface area contributed by atoms with E-state index < -0.39 is 5.97 Å². The van der Waals surface area contributed by atoms with Crippen molar-refractivity contribution in [2.24, 2.45) is 0 Å². The molecule has 0 unspecified atom stereocenters. The molecule has 0 aliphatic rings. The number of carbonyl (C=O) groups is 2. The highest BCUT2D eigenvalue weighted by Gasteiger charge is 2.09. The van der Waals surface area contributed by atoms with Crippen molar-refractivity contribution in [3.8, 4) is 11.5 Å². The van der Waals surface area contributed by atoms with Gasteiger partial charge < -0.3 is 19.5 Å². The molecule has 2 rings (SSSR count). The second-order valence-electron chi connectivity index (χ2n) is 6.41. The van der Waals surface area contributed by atoms with Gasteiger partial charge in [-0.05, 0) is 48.6 Å². The van der Waals surface area contributed by atoms with Gasteiger partial charge in [0, 0.05) is 19.0 Å². The van der Waals surface area contributed by atoms with Gasteiger partial charge in [0.1, 0.15) is 11.5 Å². The average molecular weight is 385 g/mol. The molecule has 0 heterocycles. The maximum absolute atomic E-state index is 11.9. The summed E-state index contributed by atoms with van der Waals surface area (Å²) in [6, 6.07) is 13.5. The van der Waals surface area contributed by atoms with Crippen molar-refractivity contribution in [1.82, 2.24) is 5.32 Å². The van der Waals surface area contributed by atoms with Crippen LogP contribution in [0.4, 0.5) is 0 Å². The molecular weight excluding hydrogens is 358 g/mol. The zero-order valence-electron chi connectivity index (χ0n) is 16.6. The summed E-state index contributed by atoms with van der Waals surface area (Å²) in [5.74, 6) is 0.604. The third-order valence-corrected chi connectivity index (χ3v) is 4.37. The number of amides is 1. The van der Waals surface area contributed by atoms with Crippen LogP contribution in [0.15, 0.2) is 42.5 Å². The zero-order chi connectivity index (χ0) is 20.4. The number of hydrogen-bond donors (Lipinski definition) is 1. The van der Waals surface area contributed by atoms with E-state index in [-0.39, 0.29) is 18.9 Å². The molecule has 150 valence electrons. The van der Waals surface area contributed by atoms with E-state index in [4.69, 9.17) is 14.2 Å². The van der Waals surface area contributed by atoms with Crippen molar-refractivity contribution in [2.45, 2.75) is 26.2 Å². The standard InChI is InChI=1S/C22H27NO5/c1-16-6-4-5-7-18(16)10-11-23-21(24)15-28-22(25)9-8-17-12-19(26-2)14-20(13-17)27-3/h4-7,12-14H,8-11,15H2,1-3H3,(H,23,24). The van der Waals surface area contributed by atoms with Gasteiger partial charge in [0.15, 0.2) is 6.61 Å². The molecule has 6 heteroatoms. The van der Waals surface area contributed by atoms with E-state index in [9.17, 15) is 9.59 Å². The van der Waals surface area contributed by atoms with Crippen molar-refractivity contribution in [1.29, 1.82) is 0 Å². The lowest BCUT2D eigenvalue weighted by Crippen LogP contribution is -2.30. The molecule has 0 fully saturated rings. The van der Waals surface area contributed by atoms with E-state index in [0.29, 0.717) is 24.5 Å². The molecule has 0 bridgehead atoms. The number of benzene rings is 2. The molecule has 6 nitrogen and oxygen atoms in total. The monoisotopic (exact) mass is 385 g/mol. The maximum atomic E-state index is 11.9. The molecule has 0 spiro atoms. The van der Waals surface area contributed by atoms with Gasteiger partial charge >= 0.3 is 5.97 Å². The number of esters is 1. The quantitative estimate of drug-likeness (QED) is 0.637. The van der Waals surface area contributed by atoms with Crippen molar-refractivity contribution in [2.75, 3.05) is 27.4 Å². The first-order valence-electron chi connectivity index (χ1n) is 9.20. The zero-order valence-corrected chi connectivity index (χ0v) is 16.6. The highest BCUT2D eigenvalue weighted by molar-refractivity contribution is 5.80. The van der Waals surface area contributed by atoms with Crippen LogP contribution in [0.3, 0.4) is 0 Å². The third-order valence-electron chi connectivity index (χ3n) is 4.37. The first kappa shape index (κ1) is 21.3. The van der Waals surface area contributed by atoms with Gasteiger partial charge in [0.2, 0.25) is 0 Å². The summed E-state index contributed by atoms with van der Waals surface area (Å²) in [5.41, 5.74) is 3.28. The topological polar surface area (TPSA) is 73.9 Å². The molecule has 0 aliphatic heterocycles. The highest BCUT2D eigenvalue weighted by Crippen LogP contribution is 2.23. The maximum Gasteiger partial charge on any atom is 0.306 e. The summed E-state index contributed by atoms with van der Waals surface area (Å²) < 4.78 is 15.5. The Morgan fingerprint density at radius 2 is 1.64 bits per heavy atom. The Kier molecular flexibility index (Phi) is 8.34. The summed E-state index contributed by atoms with van der Waals surface area (Å²) in [6.07, 6.45) is 1.39. The van der Waals surface area contributed by atoms with Crippen LogP contribution in [0.25, 0.3) is 0 Å². The Morgan fingerprint density at radius 3 is 2.29 bits per heavy atom. The molecule has 0 saturated carbocycles. The van der Waals surface area contributed by atoms with Gasteiger partial charge in [-0.3, -0.25) is 9.59 Å². The fourth-order valence-corrected chi connectivity index (χ4v) is 2.75. The molecule has 1 amide bonds. The summed E-state index contributed by atoms with van der Waals surface area (Å²) in [4.78, 5) is 23.7. The number of ether oxygens (including phenoxy) is 3. The van der Waals surface area contributed by atoms with Crippen molar-refractivity contribution in [3.63, 3.8) is 0 Å². The largest absolute Gasteiger partial charge is 0.497 e. The van der Waals surface area contributed by atoms with Crippen molar-refractivity contribution < 1.29 is 23.8 Å². The lowest BCUT2D eigenvalue weighted by molar-refractivity contribution is -0.148. The molecule has 2 aromatic rings. The number of hydrogen-bond acceptors (Lipinski definition) is 5. The molecule has 1 N–H and O–H groups in total. The minimum atomic E-state index is -0.421. The number of nitrogens with one attached hydrogen (secondary N) is 1. The molecule has 0 radical (unpaired) electrons. The summed E-state index contributed by atoms with van der Waals surface area (Å²) in [5, 5.41) is 2.77. The van der Waals surface area contributed by atoms with Crippen LogP contribution in [0, 0.1) is 6.92 Å². The lowest BCUT2D eigenvalue weighted by atomic mass is 10.1. The van der Waals surface area contributed by atoms with Crippen LogP contribution < -0.4 is 14.8 Å². The Bertz CT molecular complexity index is 781. The van der Waals surface area contributed by atoms with E-state index >= 15 is 0 Å². The fraction of sp³-hybridized carbons (Fsp3) is 0.364. The van der Waals surface area contributed by atoms with E-state index in [1.165, 1.54) is 11.1 Å². The predicted molar refractivity (Wildman–Crippen MR) is 107 cm³/mol. The molecule has 2 aromatic carbocycles. The fourth-order valence-electron chi connectivity index (χ4n) is 2.75. The van der Waals surface area contributed by atoms with Gasteiger partial charge in [0.05, 0.1) is 14.2 Å². The lowest BCUT2D eigenvalue weighted by Gasteiger charge is -2.09.